The van der Waals surface area contributed by atoms with Crippen LogP contribution in [0.4, 0.5) is 0 Å². The molecule has 0 saturated heterocycles. The molecule has 0 aliphatic heterocycles. The van der Waals surface area contributed by atoms with Crippen LogP contribution in [0.25, 0.3) is 94.5 Å². The number of hydrogen-bond donors (Lipinski definition) is 0. The van der Waals surface area contributed by atoms with Crippen LogP contribution in [0.15, 0.2) is 180 Å². The first-order valence-corrected chi connectivity index (χ1v) is 16.8. The summed E-state index contributed by atoms with van der Waals surface area (Å²) in [5, 5.41) is 4.40. The van der Waals surface area contributed by atoms with Gasteiger partial charge in [-0.05, 0) is 53.6 Å². The number of para-hydroxylation sites is 2. The quantitative estimate of drug-likeness (QED) is 0.188. The Hall–Kier alpha value is -6.78. The van der Waals surface area contributed by atoms with Crippen molar-refractivity contribution in [1.29, 1.82) is 0 Å². The Bertz CT molecular complexity index is 2780. The molecular weight excluding hydrogens is 611 g/mol. The SMILES string of the molecule is c1ccc(-c2ccc(-n3c4ccccc4c4c5oc6c(-c7cc(-c8ccccc8)nc(-c8ccccc8)n7)cccc6c5ccc43)cc2)cc1. The lowest BCUT2D eigenvalue weighted by atomic mass is 10.0. The Labute approximate surface area is 288 Å². The van der Waals surface area contributed by atoms with Crippen LogP contribution in [0.1, 0.15) is 0 Å². The highest BCUT2D eigenvalue weighted by atomic mass is 16.3. The van der Waals surface area contributed by atoms with Gasteiger partial charge in [-0.3, -0.25) is 0 Å². The van der Waals surface area contributed by atoms with Crippen molar-refractivity contribution in [2.75, 3.05) is 0 Å². The second kappa shape index (κ2) is 11.4. The van der Waals surface area contributed by atoms with Crippen LogP contribution in [0.2, 0.25) is 0 Å². The molecule has 0 atom stereocenters. The number of hydrogen-bond acceptors (Lipinski definition) is 3. The van der Waals surface area contributed by atoms with Crippen LogP contribution in [0.5, 0.6) is 0 Å². The number of fused-ring (bicyclic) bond motifs is 7. The fraction of sp³-hybridized carbons (Fsp3) is 0. The maximum atomic E-state index is 7.00. The van der Waals surface area contributed by atoms with E-state index in [2.05, 4.69) is 144 Å². The van der Waals surface area contributed by atoms with Gasteiger partial charge in [-0.25, -0.2) is 9.97 Å². The van der Waals surface area contributed by atoms with Crippen molar-refractivity contribution in [3.63, 3.8) is 0 Å². The first kappa shape index (κ1) is 28.3. The highest BCUT2D eigenvalue weighted by Gasteiger charge is 2.21. The molecule has 0 fully saturated rings. The van der Waals surface area contributed by atoms with Crippen LogP contribution < -0.4 is 0 Å². The van der Waals surface area contributed by atoms with Gasteiger partial charge in [0, 0.05) is 38.5 Å². The third-order valence-corrected chi connectivity index (χ3v) is 9.64. The molecular formula is C46H29N3O. The Morgan fingerprint density at radius 1 is 0.400 bits per heavy atom. The Morgan fingerprint density at radius 3 is 1.76 bits per heavy atom. The standard InChI is InChI=1S/C46H29N3O/c1-4-13-30(14-5-1)31-23-25-34(26-24-31)49-41-22-11-10-19-38(41)43-42(49)28-27-36-35-20-12-21-37(44(35)50-45(36)43)40-29-39(32-15-6-2-7-16-32)47-46(48-40)33-17-8-3-9-18-33/h1-29H. The van der Waals surface area contributed by atoms with Gasteiger partial charge in [0.05, 0.1) is 27.8 Å². The summed E-state index contributed by atoms with van der Waals surface area (Å²) in [5.41, 5.74) is 12.1. The zero-order valence-corrected chi connectivity index (χ0v) is 27.0. The number of nitrogens with zero attached hydrogens (tertiary/aromatic N) is 3. The van der Waals surface area contributed by atoms with Crippen LogP contribution >= 0.6 is 0 Å². The van der Waals surface area contributed by atoms with E-state index in [0.717, 1.165) is 77.5 Å². The first-order chi connectivity index (χ1) is 24.8. The molecule has 10 aromatic rings. The van der Waals surface area contributed by atoms with Gasteiger partial charge in [0.15, 0.2) is 5.82 Å². The first-order valence-electron chi connectivity index (χ1n) is 16.8. The molecule has 234 valence electrons. The van der Waals surface area contributed by atoms with Gasteiger partial charge in [-0.1, -0.05) is 133 Å². The van der Waals surface area contributed by atoms with E-state index in [4.69, 9.17) is 14.4 Å². The van der Waals surface area contributed by atoms with Crippen molar-refractivity contribution in [1.82, 2.24) is 14.5 Å². The van der Waals surface area contributed by atoms with Gasteiger partial charge in [0.1, 0.15) is 11.2 Å². The number of aromatic nitrogens is 3. The zero-order valence-electron chi connectivity index (χ0n) is 27.0. The average Bonchev–Trinajstić information content (AvgIpc) is 3.75. The average molecular weight is 640 g/mol. The molecule has 0 bridgehead atoms. The minimum absolute atomic E-state index is 0.679. The molecule has 4 heteroatoms. The van der Waals surface area contributed by atoms with E-state index in [-0.39, 0.29) is 0 Å². The van der Waals surface area contributed by atoms with Crippen molar-refractivity contribution in [3.05, 3.63) is 176 Å². The van der Waals surface area contributed by atoms with E-state index in [1.165, 1.54) is 11.1 Å². The van der Waals surface area contributed by atoms with E-state index >= 15 is 0 Å². The van der Waals surface area contributed by atoms with E-state index < -0.39 is 0 Å². The maximum absolute atomic E-state index is 7.00. The topological polar surface area (TPSA) is 43.9 Å². The van der Waals surface area contributed by atoms with E-state index in [0.29, 0.717) is 5.82 Å². The number of furan rings is 1. The van der Waals surface area contributed by atoms with Gasteiger partial charge >= 0.3 is 0 Å². The summed E-state index contributed by atoms with van der Waals surface area (Å²) in [6.45, 7) is 0. The minimum Gasteiger partial charge on any atom is -0.455 e. The van der Waals surface area contributed by atoms with Crippen molar-refractivity contribution in [3.8, 4) is 50.7 Å². The molecule has 0 saturated carbocycles. The predicted octanol–water partition coefficient (Wildman–Crippen LogP) is 12.1. The molecule has 0 radical (unpaired) electrons. The highest BCUT2D eigenvalue weighted by molar-refractivity contribution is 6.24. The third kappa shape index (κ3) is 4.54. The summed E-state index contributed by atoms with van der Waals surface area (Å²) in [7, 11) is 0. The summed E-state index contributed by atoms with van der Waals surface area (Å²) in [4.78, 5) is 10.1. The molecule has 0 unspecified atom stereocenters. The fourth-order valence-electron chi connectivity index (χ4n) is 7.28. The third-order valence-electron chi connectivity index (χ3n) is 9.64. The van der Waals surface area contributed by atoms with Crippen LogP contribution in [-0.2, 0) is 0 Å². The second-order valence-corrected chi connectivity index (χ2v) is 12.6. The van der Waals surface area contributed by atoms with Gasteiger partial charge in [-0.15, -0.1) is 0 Å². The Morgan fingerprint density at radius 2 is 1.00 bits per heavy atom. The smallest absolute Gasteiger partial charge is 0.160 e. The lowest BCUT2D eigenvalue weighted by molar-refractivity contribution is 0.674. The molecule has 0 aliphatic rings. The molecule has 4 nitrogen and oxygen atoms in total. The van der Waals surface area contributed by atoms with Crippen LogP contribution in [0, 0.1) is 0 Å². The van der Waals surface area contributed by atoms with Crippen molar-refractivity contribution >= 4 is 43.7 Å². The van der Waals surface area contributed by atoms with Crippen LogP contribution in [0.3, 0.4) is 0 Å². The molecule has 7 aromatic carbocycles. The summed E-state index contributed by atoms with van der Waals surface area (Å²) in [5.74, 6) is 0.679. The Kier molecular flexibility index (Phi) is 6.46. The van der Waals surface area contributed by atoms with Gasteiger partial charge in [0.25, 0.3) is 0 Å². The minimum atomic E-state index is 0.679. The van der Waals surface area contributed by atoms with E-state index in [9.17, 15) is 0 Å². The molecule has 3 heterocycles. The largest absolute Gasteiger partial charge is 0.455 e. The molecule has 10 rings (SSSR count). The normalized spacial score (nSPS) is 11.6. The molecule has 0 aliphatic carbocycles. The van der Waals surface area contributed by atoms with Gasteiger partial charge in [-0.2, -0.15) is 0 Å². The number of rotatable bonds is 5. The number of benzene rings is 7. The van der Waals surface area contributed by atoms with Gasteiger partial charge < -0.3 is 8.98 Å². The summed E-state index contributed by atoms with van der Waals surface area (Å²) < 4.78 is 9.35. The summed E-state index contributed by atoms with van der Waals surface area (Å²) in [6, 6.07) is 61.2. The van der Waals surface area contributed by atoms with E-state index in [1.807, 2.05) is 36.4 Å². The highest BCUT2D eigenvalue weighted by Crippen LogP contribution is 2.43. The maximum Gasteiger partial charge on any atom is 0.160 e. The van der Waals surface area contributed by atoms with E-state index in [1.54, 1.807) is 0 Å². The molecule has 0 spiro atoms. The predicted molar refractivity (Wildman–Crippen MR) is 205 cm³/mol. The summed E-state index contributed by atoms with van der Waals surface area (Å²) >= 11 is 0. The van der Waals surface area contributed by atoms with Crippen molar-refractivity contribution < 1.29 is 4.42 Å². The monoisotopic (exact) mass is 639 g/mol. The lowest BCUT2D eigenvalue weighted by Gasteiger charge is -2.09. The van der Waals surface area contributed by atoms with Crippen molar-refractivity contribution in [2.45, 2.75) is 0 Å². The van der Waals surface area contributed by atoms with Gasteiger partial charge in [0.2, 0.25) is 0 Å². The molecule has 0 amide bonds. The molecule has 50 heavy (non-hydrogen) atoms. The Balaban J connectivity index is 1.19. The van der Waals surface area contributed by atoms with Crippen molar-refractivity contribution in [2.24, 2.45) is 0 Å². The summed E-state index contributed by atoms with van der Waals surface area (Å²) in [6.07, 6.45) is 0. The molecule has 3 aromatic heterocycles. The molecule has 0 N–H and O–H groups in total. The fourth-order valence-corrected chi connectivity index (χ4v) is 7.28. The second-order valence-electron chi connectivity index (χ2n) is 12.6. The lowest BCUT2D eigenvalue weighted by Crippen LogP contribution is -1.96. The van der Waals surface area contributed by atoms with Crippen LogP contribution in [-0.4, -0.2) is 14.5 Å². The zero-order chi connectivity index (χ0) is 33.0.